The van der Waals surface area contributed by atoms with Gasteiger partial charge < -0.3 is 5.73 Å². The van der Waals surface area contributed by atoms with Gasteiger partial charge >= 0.3 is 0 Å². The minimum atomic E-state index is -3.70. The van der Waals surface area contributed by atoms with Crippen LogP contribution in [0.15, 0.2) is 72.1 Å². The van der Waals surface area contributed by atoms with Crippen molar-refractivity contribution in [1.29, 1.82) is 0 Å². The van der Waals surface area contributed by atoms with Crippen LogP contribution < -0.4 is 10.5 Å². The first-order valence-corrected chi connectivity index (χ1v) is 12.2. The Morgan fingerprint density at radius 3 is 2.43 bits per heavy atom. The van der Waals surface area contributed by atoms with Gasteiger partial charge in [0.05, 0.1) is 5.75 Å². The molecule has 1 amide bonds. The second-order valence-electron chi connectivity index (χ2n) is 7.24. The maximum Gasteiger partial charge on any atom is 0.235 e. The molecule has 0 unspecified atom stereocenters. The highest BCUT2D eigenvalue weighted by Gasteiger charge is 2.24. The normalized spacial score (nSPS) is 12.9. The van der Waals surface area contributed by atoms with Crippen LogP contribution in [-0.4, -0.2) is 26.1 Å². The molecule has 0 spiro atoms. The summed E-state index contributed by atoms with van der Waals surface area (Å²) in [5.41, 5.74) is 7.39. The molecule has 0 fully saturated rings. The molecule has 154 valence electrons. The Bertz CT molecular complexity index is 1310. The fraction of sp³-hybridized carbons (Fsp3) is 0.174. The molecule has 7 heteroatoms. The van der Waals surface area contributed by atoms with Gasteiger partial charge in [-0.2, -0.15) is 0 Å². The van der Waals surface area contributed by atoms with Crippen LogP contribution in [0.4, 0.5) is 0 Å². The molecule has 0 aliphatic rings. The SMILES string of the molecule is NC(=O)[C@@H](Cc1csc2ccccc12)NS(=O)(=O)CCc1cccc2ccccc12. The maximum atomic E-state index is 12.7. The number of fused-ring (bicyclic) bond motifs is 2. The largest absolute Gasteiger partial charge is 0.368 e. The van der Waals surface area contributed by atoms with Crippen molar-refractivity contribution in [3.8, 4) is 0 Å². The summed E-state index contributed by atoms with van der Waals surface area (Å²) in [6.07, 6.45) is 0.580. The number of primary amides is 1. The maximum absolute atomic E-state index is 12.7. The quantitative estimate of drug-likeness (QED) is 0.440. The van der Waals surface area contributed by atoms with E-state index >= 15 is 0 Å². The van der Waals surface area contributed by atoms with Gasteiger partial charge in [0, 0.05) is 4.70 Å². The number of rotatable bonds is 8. The highest BCUT2D eigenvalue weighted by molar-refractivity contribution is 7.89. The van der Waals surface area contributed by atoms with Crippen LogP contribution in [0.5, 0.6) is 0 Å². The Morgan fingerprint density at radius 2 is 1.63 bits per heavy atom. The van der Waals surface area contributed by atoms with Crippen LogP contribution in [0.2, 0.25) is 0 Å². The molecule has 4 rings (SSSR count). The highest BCUT2D eigenvalue weighted by atomic mass is 32.2. The van der Waals surface area contributed by atoms with E-state index in [1.807, 2.05) is 72.1 Å². The number of hydrogen-bond acceptors (Lipinski definition) is 4. The molecule has 1 aromatic heterocycles. The molecule has 3 N–H and O–H groups in total. The van der Waals surface area contributed by atoms with Gasteiger partial charge in [-0.05, 0) is 51.6 Å². The standard InChI is InChI=1S/C23H22N2O3S2/c24-23(26)21(14-18-15-29-22-11-4-3-10-20(18)22)25-30(27,28)13-12-17-8-5-7-16-6-1-2-9-19(16)17/h1-11,15,21,25H,12-14H2,(H2,24,26)/t21-/m1/s1. The first-order chi connectivity index (χ1) is 14.4. The molecule has 0 bridgehead atoms. The van der Waals surface area contributed by atoms with E-state index in [0.717, 1.165) is 32.0 Å². The Labute approximate surface area is 179 Å². The molecule has 3 aromatic carbocycles. The van der Waals surface area contributed by atoms with Crippen LogP contribution in [-0.2, 0) is 27.7 Å². The van der Waals surface area contributed by atoms with Crippen molar-refractivity contribution in [3.05, 3.63) is 83.2 Å². The van der Waals surface area contributed by atoms with Gasteiger partial charge in [-0.15, -0.1) is 11.3 Å². The highest BCUT2D eigenvalue weighted by Crippen LogP contribution is 2.26. The van der Waals surface area contributed by atoms with Gasteiger partial charge in [0.15, 0.2) is 0 Å². The topological polar surface area (TPSA) is 89.3 Å². The van der Waals surface area contributed by atoms with Gasteiger partial charge in [0.25, 0.3) is 0 Å². The number of hydrogen-bond donors (Lipinski definition) is 2. The lowest BCUT2D eigenvalue weighted by atomic mass is 10.0. The number of carbonyl (C=O) groups is 1. The van der Waals surface area contributed by atoms with Crippen molar-refractivity contribution < 1.29 is 13.2 Å². The number of aryl methyl sites for hydroxylation is 1. The summed E-state index contributed by atoms with van der Waals surface area (Å²) in [7, 11) is -3.70. The van der Waals surface area contributed by atoms with Gasteiger partial charge in [0.1, 0.15) is 6.04 Å². The molecular formula is C23H22N2O3S2. The first kappa shape index (κ1) is 20.5. The number of carbonyl (C=O) groups excluding carboxylic acids is 1. The summed E-state index contributed by atoms with van der Waals surface area (Å²) in [6.45, 7) is 0. The molecule has 1 heterocycles. The third-order valence-corrected chi connectivity index (χ3v) is 7.57. The summed E-state index contributed by atoms with van der Waals surface area (Å²) in [6, 6.07) is 20.6. The molecule has 0 aliphatic heterocycles. The number of nitrogens with one attached hydrogen (secondary N) is 1. The Kier molecular flexibility index (Phi) is 5.85. The lowest BCUT2D eigenvalue weighted by molar-refractivity contribution is -0.119. The minimum absolute atomic E-state index is 0.116. The van der Waals surface area contributed by atoms with Crippen molar-refractivity contribution in [2.45, 2.75) is 18.9 Å². The Hall–Kier alpha value is -2.74. The summed E-state index contributed by atoms with van der Waals surface area (Å²) in [5.74, 6) is -0.797. The van der Waals surface area contributed by atoms with Crippen molar-refractivity contribution in [3.63, 3.8) is 0 Å². The summed E-state index contributed by atoms with van der Waals surface area (Å²) in [4.78, 5) is 12.0. The number of benzene rings is 3. The van der Waals surface area contributed by atoms with E-state index in [1.54, 1.807) is 11.3 Å². The molecule has 4 aromatic rings. The molecular weight excluding hydrogens is 416 g/mol. The molecule has 0 saturated carbocycles. The van der Waals surface area contributed by atoms with Crippen LogP contribution >= 0.6 is 11.3 Å². The smallest absolute Gasteiger partial charge is 0.235 e. The van der Waals surface area contributed by atoms with E-state index in [1.165, 1.54) is 0 Å². The predicted molar refractivity (Wildman–Crippen MR) is 123 cm³/mol. The zero-order valence-electron chi connectivity index (χ0n) is 16.2. The molecule has 1 atom stereocenters. The van der Waals surface area contributed by atoms with Crippen molar-refractivity contribution >= 4 is 48.1 Å². The number of sulfonamides is 1. The van der Waals surface area contributed by atoms with Gasteiger partial charge in [-0.3, -0.25) is 4.79 Å². The minimum Gasteiger partial charge on any atom is -0.368 e. The molecule has 0 radical (unpaired) electrons. The Balaban J connectivity index is 1.49. The van der Waals surface area contributed by atoms with Gasteiger partial charge in [-0.25, -0.2) is 13.1 Å². The van der Waals surface area contributed by atoms with E-state index in [4.69, 9.17) is 5.73 Å². The lowest BCUT2D eigenvalue weighted by Gasteiger charge is -2.16. The lowest BCUT2D eigenvalue weighted by Crippen LogP contribution is -2.46. The average molecular weight is 439 g/mol. The van der Waals surface area contributed by atoms with E-state index < -0.39 is 22.0 Å². The molecule has 0 aliphatic carbocycles. The van der Waals surface area contributed by atoms with Gasteiger partial charge in [0.2, 0.25) is 15.9 Å². The first-order valence-electron chi connectivity index (χ1n) is 9.64. The van der Waals surface area contributed by atoms with Crippen molar-refractivity contribution in [1.82, 2.24) is 4.72 Å². The van der Waals surface area contributed by atoms with Crippen LogP contribution in [0.1, 0.15) is 11.1 Å². The number of thiophene rings is 1. The summed E-state index contributed by atoms with van der Waals surface area (Å²) < 4.78 is 29.1. The van der Waals surface area contributed by atoms with E-state index in [2.05, 4.69) is 4.72 Å². The summed E-state index contributed by atoms with van der Waals surface area (Å²) >= 11 is 1.56. The van der Waals surface area contributed by atoms with E-state index in [9.17, 15) is 13.2 Å². The van der Waals surface area contributed by atoms with Gasteiger partial charge in [-0.1, -0.05) is 60.7 Å². The fourth-order valence-corrected chi connectivity index (χ4v) is 5.86. The van der Waals surface area contributed by atoms with Crippen LogP contribution in [0, 0.1) is 0 Å². The zero-order valence-corrected chi connectivity index (χ0v) is 17.9. The van der Waals surface area contributed by atoms with Crippen molar-refractivity contribution in [2.75, 3.05) is 5.75 Å². The fourth-order valence-electron chi connectivity index (χ4n) is 3.64. The Morgan fingerprint density at radius 1 is 0.933 bits per heavy atom. The average Bonchev–Trinajstić information content (AvgIpc) is 3.14. The zero-order chi connectivity index (χ0) is 21.1. The summed E-state index contributed by atoms with van der Waals surface area (Å²) in [5, 5.41) is 5.07. The second kappa shape index (κ2) is 8.55. The molecule has 30 heavy (non-hydrogen) atoms. The third-order valence-electron chi connectivity index (χ3n) is 5.17. The monoisotopic (exact) mass is 438 g/mol. The van der Waals surface area contributed by atoms with Crippen LogP contribution in [0.25, 0.3) is 20.9 Å². The number of nitrogens with two attached hydrogens (primary N) is 1. The van der Waals surface area contributed by atoms with Crippen LogP contribution in [0.3, 0.4) is 0 Å². The second-order valence-corrected chi connectivity index (χ2v) is 10.0. The van der Waals surface area contributed by atoms with E-state index in [0.29, 0.717) is 6.42 Å². The molecule has 5 nitrogen and oxygen atoms in total. The number of amides is 1. The van der Waals surface area contributed by atoms with E-state index in [-0.39, 0.29) is 12.2 Å². The van der Waals surface area contributed by atoms with Crippen molar-refractivity contribution in [2.24, 2.45) is 5.73 Å². The molecule has 0 saturated heterocycles. The predicted octanol–water partition coefficient (Wildman–Crippen LogP) is 3.61. The third kappa shape index (κ3) is 4.53.